The summed E-state index contributed by atoms with van der Waals surface area (Å²) in [5.74, 6) is 0.421. The van der Waals surface area contributed by atoms with Gasteiger partial charge >= 0.3 is 0 Å². The average molecular weight is 426 g/mol. The first kappa shape index (κ1) is 20.9. The van der Waals surface area contributed by atoms with Crippen molar-refractivity contribution < 1.29 is 18.7 Å². The molecule has 0 aliphatic carbocycles. The van der Waals surface area contributed by atoms with Crippen LogP contribution in [0.4, 0.5) is 5.69 Å². The van der Waals surface area contributed by atoms with Crippen LogP contribution in [0.3, 0.4) is 0 Å². The Labute approximate surface area is 185 Å². The molecule has 0 spiro atoms. The predicted octanol–water partition coefficient (Wildman–Crippen LogP) is 5.04. The van der Waals surface area contributed by atoms with Crippen molar-refractivity contribution in [1.82, 2.24) is 5.32 Å². The summed E-state index contributed by atoms with van der Waals surface area (Å²) in [5.41, 5.74) is 3.10. The second-order valence-corrected chi connectivity index (χ2v) is 7.11. The third-order valence-electron chi connectivity index (χ3n) is 4.75. The maximum Gasteiger partial charge on any atom is 0.291 e. The van der Waals surface area contributed by atoms with Crippen LogP contribution in [0, 0.1) is 0 Å². The van der Waals surface area contributed by atoms with Crippen LogP contribution in [0.5, 0.6) is 5.75 Å². The van der Waals surface area contributed by atoms with Crippen LogP contribution in [0.1, 0.15) is 32.0 Å². The lowest BCUT2D eigenvalue weighted by atomic mass is 10.1. The first-order valence-electron chi connectivity index (χ1n) is 10.2. The lowest BCUT2D eigenvalue weighted by Crippen LogP contribution is -2.22. The number of benzene rings is 3. The number of anilines is 1. The van der Waals surface area contributed by atoms with E-state index in [0.717, 1.165) is 16.9 Å². The predicted molar refractivity (Wildman–Crippen MR) is 121 cm³/mol. The zero-order chi connectivity index (χ0) is 22.2. The van der Waals surface area contributed by atoms with Gasteiger partial charge in [-0.05, 0) is 59.7 Å². The van der Waals surface area contributed by atoms with Crippen LogP contribution >= 0.6 is 0 Å². The molecule has 0 saturated carbocycles. The van der Waals surface area contributed by atoms with Crippen molar-refractivity contribution in [3.63, 3.8) is 0 Å². The fourth-order valence-corrected chi connectivity index (χ4v) is 3.08. The molecular formula is C26H22N2O4. The summed E-state index contributed by atoms with van der Waals surface area (Å²) in [7, 11) is 0. The molecule has 1 aromatic heterocycles. The molecular weight excluding hydrogens is 404 g/mol. The molecule has 0 aliphatic rings. The zero-order valence-electron chi connectivity index (χ0n) is 17.3. The number of hydrogen-bond acceptors (Lipinski definition) is 4. The Morgan fingerprint density at radius 1 is 0.781 bits per heavy atom. The Morgan fingerprint density at radius 3 is 2.31 bits per heavy atom. The minimum Gasteiger partial charge on any atom is -0.489 e. The van der Waals surface area contributed by atoms with Gasteiger partial charge in [0.25, 0.3) is 11.8 Å². The summed E-state index contributed by atoms with van der Waals surface area (Å²) in [6.07, 6.45) is 1.44. The molecule has 160 valence electrons. The quantitative estimate of drug-likeness (QED) is 0.414. The van der Waals surface area contributed by atoms with Crippen LogP contribution in [-0.2, 0) is 13.2 Å². The number of rotatable bonds is 8. The molecule has 1 heterocycles. The second kappa shape index (κ2) is 10.1. The van der Waals surface area contributed by atoms with Gasteiger partial charge in [0, 0.05) is 17.8 Å². The van der Waals surface area contributed by atoms with Crippen LogP contribution in [-0.4, -0.2) is 11.8 Å². The Morgan fingerprint density at radius 2 is 1.56 bits per heavy atom. The second-order valence-electron chi connectivity index (χ2n) is 7.11. The van der Waals surface area contributed by atoms with Gasteiger partial charge in [-0.2, -0.15) is 0 Å². The fraction of sp³-hybridized carbons (Fsp3) is 0.0769. The summed E-state index contributed by atoms with van der Waals surface area (Å²) in [6, 6.07) is 27.5. The third-order valence-corrected chi connectivity index (χ3v) is 4.75. The lowest BCUT2D eigenvalue weighted by molar-refractivity contribution is 0.0950. The Balaban J connectivity index is 1.29. The lowest BCUT2D eigenvalue weighted by Gasteiger charge is -2.10. The van der Waals surface area contributed by atoms with E-state index in [0.29, 0.717) is 24.4 Å². The van der Waals surface area contributed by atoms with E-state index in [1.54, 1.807) is 36.4 Å². The number of amides is 2. The molecule has 0 aliphatic heterocycles. The van der Waals surface area contributed by atoms with Crippen LogP contribution in [0.2, 0.25) is 0 Å². The molecule has 0 radical (unpaired) electrons. The molecule has 6 heteroatoms. The maximum absolute atomic E-state index is 12.5. The number of carbonyl (C=O) groups is 2. The number of carbonyl (C=O) groups excluding carboxylic acids is 2. The Hall–Kier alpha value is -4.32. The molecule has 2 N–H and O–H groups in total. The molecule has 6 nitrogen and oxygen atoms in total. The van der Waals surface area contributed by atoms with Crippen LogP contribution in [0.15, 0.2) is 102 Å². The van der Waals surface area contributed by atoms with Gasteiger partial charge in [0.05, 0.1) is 6.26 Å². The Kier molecular flexibility index (Phi) is 6.63. The minimum absolute atomic E-state index is 0.204. The normalized spacial score (nSPS) is 10.4. The summed E-state index contributed by atoms with van der Waals surface area (Å²) >= 11 is 0. The standard InChI is InChI=1S/C26H22N2O4/c29-25(21-11-13-22(14-12-21)28-26(30)24-10-5-15-31-24)27-17-20-8-4-9-23(16-20)32-18-19-6-2-1-3-7-19/h1-16H,17-18H2,(H,27,29)(H,28,30). The highest BCUT2D eigenvalue weighted by Gasteiger charge is 2.10. The van der Waals surface area contributed by atoms with Gasteiger partial charge in [0.15, 0.2) is 5.76 Å². The first-order chi connectivity index (χ1) is 15.7. The van der Waals surface area contributed by atoms with E-state index in [1.165, 1.54) is 6.26 Å². The largest absolute Gasteiger partial charge is 0.489 e. The zero-order valence-corrected chi connectivity index (χ0v) is 17.3. The highest BCUT2D eigenvalue weighted by molar-refractivity contribution is 6.02. The van der Waals surface area contributed by atoms with Gasteiger partial charge in [0.1, 0.15) is 12.4 Å². The minimum atomic E-state index is -0.346. The van der Waals surface area contributed by atoms with Crippen molar-refractivity contribution in [3.8, 4) is 5.75 Å². The highest BCUT2D eigenvalue weighted by atomic mass is 16.5. The molecule has 0 saturated heterocycles. The molecule has 0 atom stereocenters. The molecule has 3 aromatic carbocycles. The van der Waals surface area contributed by atoms with Gasteiger partial charge in [-0.15, -0.1) is 0 Å². The van der Waals surface area contributed by atoms with Crippen molar-refractivity contribution in [3.05, 3.63) is 120 Å². The van der Waals surface area contributed by atoms with E-state index in [1.807, 2.05) is 54.6 Å². The molecule has 4 rings (SSSR count). The molecule has 2 amide bonds. The maximum atomic E-state index is 12.5. The monoisotopic (exact) mass is 426 g/mol. The van der Waals surface area contributed by atoms with Crippen molar-refractivity contribution in [2.75, 3.05) is 5.32 Å². The van der Waals surface area contributed by atoms with E-state index in [9.17, 15) is 9.59 Å². The van der Waals surface area contributed by atoms with Gasteiger partial charge in [0.2, 0.25) is 0 Å². The number of ether oxygens (including phenoxy) is 1. The highest BCUT2D eigenvalue weighted by Crippen LogP contribution is 2.16. The summed E-state index contributed by atoms with van der Waals surface area (Å²) in [5, 5.41) is 5.62. The van der Waals surface area contributed by atoms with E-state index in [-0.39, 0.29) is 17.6 Å². The summed E-state index contributed by atoms with van der Waals surface area (Å²) < 4.78 is 10.9. The van der Waals surface area contributed by atoms with Crippen LogP contribution < -0.4 is 15.4 Å². The van der Waals surface area contributed by atoms with Gasteiger partial charge < -0.3 is 19.8 Å². The first-order valence-corrected chi connectivity index (χ1v) is 10.2. The van der Waals surface area contributed by atoms with E-state index < -0.39 is 0 Å². The fourth-order valence-electron chi connectivity index (χ4n) is 3.08. The Bertz CT molecular complexity index is 1170. The molecule has 4 aromatic rings. The average Bonchev–Trinajstić information content (AvgIpc) is 3.38. The third kappa shape index (κ3) is 5.64. The summed E-state index contributed by atoms with van der Waals surface area (Å²) in [4.78, 5) is 24.5. The van der Waals surface area contributed by atoms with Crippen LogP contribution in [0.25, 0.3) is 0 Å². The van der Waals surface area contributed by atoms with Crippen molar-refractivity contribution in [2.24, 2.45) is 0 Å². The molecule has 0 bridgehead atoms. The van der Waals surface area contributed by atoms with E-state index in [4.69, 9.17) is 9.15 Å². The van der Waals surface area contributed by atoms with Gasteiger partial charge in [-0.1, -0.05) is 42.5 Å². The topological polar surface area (TPSA) is 80.6 Å². The van der Waals surface area contributed by atoms with E-state index in [2.05, 4.69) is 10.6 Å². The smallest absolute Gasteiger partial charge is 0.291 e. The molecule has 0 fully saturated rings. The number of hydrogen-bond donors (Lipinski definition) is 2. The SMILES string of the molecule is O=C(NCc1cccc(OCc2ccccc2)c1)c1ccc(NC(=O)c2ccco2)cc1. The van der Waals surface area contributed by atoms with Crippen molar-refractivity contribution in [2.45, 2.75) is 13.2 Å². The number of nitrogens with one attached hydrogen (secondary N) is 2. The number of furan rings is 1. The van der Waals surface area contributed by atoms with Crippen molar-refractivity contribution >= 4 is 17.5 Å². The van der Waals surface area contributed by atoms with Gasteiger partial charge in [-0.3, -0.25) is 9.59 Å². The molecule has 32 heavy (non-hydrogen) atoms. The van der Waals surface area contributed by atoms with Gasteiger partial charge in [-0.25, -0.2) is 0 Å². The molecule has 0 unspecified atom stereocenters. The van der Waals surface area contributed by atoms with E-state index >= 15 is 0 Å². The summed E-state index contributed by atoms with van der Waals surface area (Å²) in [6.45, 7) is 0.859. The van der Waals surface area contributed by atoms with Crippen molar-refractivity contribution in [1.29, 1.82) is 0 Å².